The molecule has 9 unspecified atom stereocenters. The highest BCUT2D eigenvalue weighted by atomic mass is 16.7. The molecule has 0 spiro atoms. The second kappa shape index (κ2) is 29.2. The summed E-state index contributed by atoms with van der Waals surface area (Å²) in [6.45, 7) is 17.2. The van der Waals surface area contributed by atoms with Crippen molar-refractivity contribution in [3.63, 3.8) is 0 Å². The number of hydrogen-bond donors (Lipinski definition) is 2. The van der Waals surface area contributed by atoms with Gasteiger partial charge < -0.3 is 34.7 Å². The molecule has 3 heterocycles. The molecule has 19 heteroatoms. The molecule has 0 saturated carbocycles. The first-order valence-corrected chi connectivity index (χ1v) is 26.7. The van der Waals surface area contributed by atoms with Crippen molar-refractivity contribution in [1.29, 1.82) is 0 Å². The highest BCUT2D eigenvalue weighted by Crippen LogP contribution is 2.31. The Labute approximate surface area is 433 Å². The molecule has 0 bridgehead atoms. The van der Waals surface area contributed by atoms with Crippen LogP contribution < -0.4 is 10.6 Å². The number of methoxy groups -OCH3 is 2. The molecule has 3 fully saturated rings. The molecule has 3 aliphatic heterocycles. The molecule has 7 amide bonds. The minimum atomic E-state index is -0.908. The minimum Gasteiger partial charge on any atom is -0.379 e. The standard InChI is InChI=1S/C54H87N7O12/c1-13-36(6)49(58(10)53(68)46(34(2)3)55-52(67)48(35(4)5)57(9)29-19-15-18-26-45(65)73-61-42(62)27-28-43(61)63)41(70-11)33-44(64)59-30-22-25-40(59)50(71-12)38(8)51(66)56-47(37(7)39-23-16-14-17-24-39)54(69)60-31-20-21-32-72-60/h14,16-17,23-24,34-38,40-41,46-50H,13,15,18-22,25-33H2,1-12H3,(H,55,67)(H,56,66)/t36?,37?,38?,40-,41?,46?,47?,48?,49?,50?/m0/s1. The zero-order chi connectivity index (χ0) is 54.1. The molecule has 3 aliphatic rings. The van der Waals surface area contributed by atoms with Gasteiger partial charge in [0.1, 0.15) is 12.1 Å². The van der Waals surface area contributed by atoms with Crippen molar-refractivity contribution in [2.24, 2.45) is 23.7 Å². The van der Waals surface area contributed by atoms with E-state index in [1.165, 1.54) is 19.3 Å². The Morgan fingerprint density at radius 2 is 1.45 bits per heavy atom. The number of carbonyl (C=O) groups excluding carboxylic acids is 8. The number of benzene rings is 1. The third-order valence-corrected chi connectivity index (χ3v) is 15.1. The third-order valence-electron chi connectivity index (χ3n) is 15.1. The molecule has 410 valence electrons. The van der Waals surface area contributed by atoms with Crippen molar-refractivity contribution >= 4 is 47.3 Å². The van der Waals surface area contributed by atoms with E-state index in [-0.39, 0.29) is 78.9 Å². The van der Waals surface area contributed by atoms with Crippen LogP contribution in [0.4, 0.5) is 0 Å². The molecular weight excluding hydrogens is 939 g/mol. The van der Waals surface area contributed by atoms with Gasteiger partial charge in [-0.3, -0.25) is 43.3 Å². The molecule has 73 heavy (non-hydrogen) atoms. The van der Waals surface area contributed by atoms with Gasteiger partial charge in [0.2, 0.25) is 23.6 Å². The summed E-state index contributed by atoms with van der Waals surface area (Å²) >= 11 is 0. The van der Waals surface area contributed by atoms with Crippen molar-refractivity contribution < 1.29 is 57.5 Å². The fourth-order valence-electron chi connectivity index (χ4n) is 10.6. The Morgan fingerprint density at radius 1 is 0.795 bits per heavy atom. The Bertz CT molecular complexity index is 1980. The second-order valence-electron chi connectivity index (χ2n) is 21.0. The number of amides is 7. The monoisotopic (exact) mass is 1030 g/mol. The zero-order valence-electron chi connectivity index (χ0n) is 45.8. The van der Waals surface area contributed by atoms with Gasteiger partial charge in [0.15, 0.2) is 0 Å². The lowest BCUT2D eigenvalue weighted by molar-refractivity contribution is -0.200. The van der Waals surface area contributed by atoms with Crippen LogP contribution in [-0.4, -0.2) is 169 Å². The quantitative estimate of drug-likeness (QED) is 0.0836. The van der Waals surface area contributed by atoms with E-state index in [4.69, 9.17) is 19.1 Å². The van der Waals surface area contributed by atoms with Gasteiger partial charge in [-0.05, 0) is 75.4 Å². The summed E-state index contributed by atoms with van der Waals surface area (Å²) in [5.74, 6) is -4.79. The van der Waals surface area contributed by atoms with E-state index in [1.54, 1.807) is 23.8 Å². The van der Waals surface area contributed by atoms with Gasteiger partial charge >= 0.3 is 5.97 Å². The van der Waals surface area contributed by atoms with Crippen molar-refractivity contribution in [3.8, 4) is 0 Å². The van der Waals surface area contributed by atoms with E-state index in [0.29, 0.717) is 69.8 Å². The van der Waals surface area contributed by atoms with Crippen LogP contribution >= 0.6 is 0 Å². The summed E-state index contributed by atoms with van der Waals surface area (Å²) in [6, 6.07) is 6.21. The number of imide groups is 1. The van der Waals surface area contributed by atoms with Crippen LogP contribution in [0.15, 0.2) is 30.3 Å². The first kappa shape index (κ1) is 60.6. The van der Waals surface area contributed by atoms with Crippen molar-refractivity contribution in [1.82, 2.24) is 35.5 Å². The van der Waals surface area contributed by atoms with Gasteiger partial charge in [-0.15, -0.1) is 5.06 Å². The number of rotatable bonds is 28. The smallest absolute Gasteiger partial charge is 0.333 e. The Kier molecular flexibility index (Phi) is 24.2. The van der Waals surface area contributed by atoms with Gasteiger partial charge in [0.25, 0.3) is 17.7 Å². The molecule has 2 N–H and O–H groups in total. The van der Waals surface area contributed by atoms with Crippen molar-refractivity contribution in [3.05, 3.63) is 35.9 Å². The Balaban J connectivity index is 1.42. The van der Waals surface area contributed by atoms with Crippen LogP contribution in [0.3, 0.4) is 0 Å². The molecule has 3 saturated heterocycles. The summed E-state index contributed by atoms with van der Waals surface area (Å²) in [4.78, 5) is 124. The fraction of sp³-hybridized carbons (Fsp3) is 0.741. The largest absolute Gasteiger partial charge is 0.379 e. The molecule has 4 rings (SSSR count). The van der Waals surface area contributed by atoms with Crippen molar-refractivity contribution in [2.75, 3.05) is 54.6 Å². The number of likely N-dealkylation sites (tertiary alicyclic amines) is 1. The number of ether oxygens (including phenoxy) is 2. The average Bonchev–Trinajstić information content (AvgIpc) is 3.99. The molecule has 0 aliphatic carbocycles. The number of hydroxylamine groups is 4. The fourth-order valence-corrected chi connectivity index (χ4v) is 10.6. The number of carbonyl (C=O) groups is 8. The van der Waals surface area contributed by atoms with Crippen LogP contribution in [0.1, 0.15) is 144 Å². The van der Waals surface area contributed by atoms with E-state index in [2.05, 4.69) is 10.6 Å². The molecule has 0 radical (unpaired) electrons. The predicted molar refractivity (Wildman–Crippen MR) is 273 cm³/mol. The number of unbranched alkanes of at least 4 members (excludes halogenated alkanes) is 2. The lowest BCUT2D eigenvalue weighted by atomic mass is 9.89. The maximum absolute atomic E-state index is 14.7. The first-order chi connectivity index (χ1) is 34.7. The van der Waals surface area contributed by atoms with Gasteiger partial charge in [0.05, 0.1) is 49.3 Å². The topological polar surface area (TPSA) is 214 Å². The van der Waals surface area contributed by atoms with E-state index < -0.39 is 66.1 Å². The summed E-state index contributed by atoms with van der Waals surface area (Å²) in [7, 11) is 6.63. The lowest BCUT2D eigenvalue weighted by Crippen LogP contribution is -2.60. The summed E-state index contributed by atoms with van der Waals surface area (Å²) in [5.41, 5.74) is 0.894. The van der Waals surface area contributed by atoms with E-state index >= 15 is 0 Å². The molecule has 19 nitrogen and oxygen atoms in total. The first-order valence-electron chi connectivity index (χ1n) is 26.7. The van der Waals surface area contributed by atoms with E-state index in [1.807, 2.05) is 90.7 Å². The summed E-state index contributed by atoms with van der Waals surface area (Å²) in [6.07, 6.45) is 4.04. The van der Waals surface area contributed by atoms with Crippen LogP contribution in [-0.2, 0) is 57.5 Å². The van der Waals surface area contributed by atoms with Gasteiger partial charge in [-0.1, -0.05) is 98.6 Å². The zero-order valence-corrected chi connectivity index (χ0v) is 45.8. The van der Waals surface area contributed by atoms with Crippen LogP contribution in [0.5, 0.6) is 0 Å². The summed E-state index contributed by atoms with van der Waals surface area (Å²) in [5, 5.41) is 8.05. The minimum absolute atomic E-state index is 0.0306. The normalized spacial score (nSPS) is 20.0. The highest BCUT2D eigenvalue weighted by Gasteiger charge is 2.44. The molecule has 1 aromatic rings. The number of hydrogen-bond acceptors (Lipinski definition) is 13. The van der Waals surface area contributed by atoms with E-state index in [0.717, 1.165) is 18.4 Å². The van der Waals surface area contributed by atoms with Crippen molar-refractivity contribution in [2.45, 2.75) is 181 Å². The Hall–Kier alpha value is -4.98. The predicted octanol–water partition coefficient (Wildman–Crippen LogP) is 5.01. The van der Waals surface area contributed by atoms with Gasteiger partial charge in [-0.25, -0.2) is 9.86 Å². The highest BCUT2D eigenvalue weighted by molar-refractivity contribution is 6.01. The molecular formula is C54H87N7O12. The maximum Gasteiger partial charge on any atom is 0.333 e. The summed E-state index contributed by atoms with van der Waals surface area (Å²) < 4.78 is 12.2. The number of nitrogens with zero attached hydrogens (tertiary/aromatic N) is 5. The lowest BCUT2D eigenvalue weighted by Gasteiger charge is -2.41. The molecule has 10 atom stereocenters. The van der Waals surface area contributed by atoms with Crippen LogP contribution in [0.25, 0.3) is 0 Å². The van der Waals surface area contributed by atoms with Gasteiger partial charge in [-0.2, -0.15) is 0 Å². The maximum atomic E-state index is 14.7. The third kappa shape index (κ3) is 16.3. The van der Waals surface area contributed by atoms with Gasteiger partial charge in [0, 0.05) is 59.5 Å². The number of likely N-dealkylation sites (N-methyl/N-ethyl adjacent to an activating group) is 2. The second-order valence-corrected chi connectivity index (χ2v) is 21.0. The molecule has 1 aromatic carbocycles. The van der Waals surface area contributed by atoms with Crippen LogP contribution in [0.2, 0.25) is 0 Å². The number of nitrogens with one attached hydrogen (secondary N) is 2. The van der Waals surface area contributed by atoms with Crippen LogP contribution in [0, 0.1) is 23.7 Å². The van der Waals surface area contributed by atoms with E-state index in [9.17, 15) is 38.4 Å². The Morgan fingerprint density at radius 3 is 2.03 bits per heavy atom. The SMILES string of the molecule is CCC(C)C(C(CC(=O)N1CCC[C@H]1C(OC)C(C)C(=O)NC(C(=O)N1CCCCO1)C(C)c1ccccc1)OC)N(C)C(=O)C(NC(=O)C(C(C)C)N(C)CCCCCC(=O)ON1C(=O)CCC1=O)C(C)C. The molecule has 0 aromatic heterocycles. The average molecular weight is 1030 g/mol.